The summed E-state index contributed by atoms with van der Waals surface area (Å²) in [6, 6.07) is 12.7. The molecular weight excluding hydrogens is 508 g/mol. The number of aliphatic hydroxyl groups excluding tert-OH is 1. The maximum absolute atomic E-state index is 13.5. The number of sulfonamides is 1. The zero-order valence-electron chi connectivity index (χ0n) is 22.1. The lowest BCUT2D eigenvalue weighted by Gasteiger charge is -2.25. The van der Waals surface area contributed by atoms with Gasteiger partial charge < -0.3 is 25.4 Å². The highest BCUT2D eigenvalue weighted by Crippen LogP contribution is 2.37. The van der Waals surface area contributed by atoms with Crippen LogP contribution in [0.15, 0.2) is 48.7 Å². The highest BCUT2D eigenvalue weighted by Gasteiger charge is 2.30. The number of carbonyl (C=O) groups is 2. The molecule has 0 bridgehead atoms. The number of nitrogens with zero attached hydrogens (tertiary/aromatic N) is 2. The first-order valence-corrected chi connectivity index (χ1v) is 14.0. The van der Waals surface area contributed by atoms with Crippen molar-refractivity contribution in [2.24, 2.45) is 0 Å². The fraction of sp³-hybridized carbons (Fsp3) is 0.407. The van der Waals surface area contributed by atoms with Crippen LogP contribution < -0.4 is 14.9 Å². The van der Waals surface area contributed by atoms with Crippen molar-refractivity contribution in [2.45, 2.75) is 44.9 Å². The van der Waals surface area contributed by atoms with E-state index in [9.17, 15) is 18.3 Å². The van der Waals surface area contributed by atoms with Crippen molar-refractivity contribution in [3.63, 3.8) is 0 Å². The molecule has 38 heavy (non-hydrogen) atoms. The maximum atomic E-state index is 13.5. The van der Waals surface area contributed by atoms with Gasteiger partial charge >= 0.3 is 0 Å². The zero-order chi connectivity index (χ0) is 28.0. The molecule has 11 heteroatoms. The van der Waals surface area contributed by atoms with Gasteiger partial charge in [-0.15, -0.1) is 0 Å². The van der Waals surface area contributed by atoms with Gasteiger partial charge in [-0.2, -0.15) is 0 Å². The Labute approximate surface area is 223 Å². The molecule has 0 saturated heterocycles. The Bertz CT molecular complexity index is 1370. The number of aryl methyl sites for hydroxylation is 1. The van der Waals surface area contributed by atoms with E-state index in [4.69, 9.17) is 9.90 Å². The van der Waals surface area contributed by atoms with Crippen molar-refractivity contribution in [1.82, 2.24) is 15.2 Å². The van der Waals surface area contributed by atoms with Crippen molar-refractivity contribution in [2.75, 3.05) is 30.7 Å². The van der Waals surface area contributed by atoms with Crippen LogP contribution in [-0.4, -0.2) is 74.1 Å². The molecule has 10 nitrogen and oxygen atoms in total. The average Bonchev–Trinajstić information content (AvgIpc) is 3.22. The van der Waals surface area contributed by atoms with Gasteiger partial charge in [0.2, 0.25) is 10.0 Å². The fourth-order valence-electron chi connectivity index (χ4n) is 4.71. The minimum absolute atomic E-state index is 0.00359. The number of carbonyl (C=O) groups excluding carboxylic acids is 1. The maximum Gasteiger partial charge on any atom is 0.290 e. The van der Waals surface area contributed by atoms with Gasteiger partial charge in [-0.05, 0) is 42.6 Å². The molecule has 4 N–H and O–H groups in total. The number of aromatic nitrogens is 1. The number of hydrogen-bond acceptors (Lipinski definition) is 6. The molecule has 3 aromatic rings. The Morgan fingerprint density at radius 3 is 2.45 bits per heavy atom. The number of aliphatic hydroxyl groups is 1. The molecule has 2 atom stereocenters. The summed E-state index contributed by atoms with van der Waals surface area (Å²) in [6.07, 6.45) is 1.67. The Morgan fingerprint density at radius 2 is 1.84 bits per heavy atom. The molecule has 0 radical (unpaired) electrons. The Morgan fingerprint density at radius 1 is 1.18 bits per heavy atom. The zero-order valence-corrected chi connectivity index (χ0v) is 22.9. The van der Waals surface area contributed by atoms with Gasteiger partial charge in [0.1, 0.15) is 0 Å². The molecule has 206 valence electrons. The molecule has 0 saturated carbocycles. The van der Waals surface area contributed by atoms with Crippen LogP contribution in [0.4, 0.5) is 5.69 Å². The van der Waals surface area contributed by atoms with Gasteiger partial charge in [-0.25, -0.2) is 8.42 Å². The van der Waals surface area contributed by atoms with E-state index in [-0.39, 0.29) is 24.1 Å². The van der Waals surface area contributed by atoms with E-state index >= 15 is 0 Å². The number of anilines is 1. The second-order valence-corrected chi connectivity index (χ2v) is 11.7. The van der Waals surface area contributed by atoms with Crippen LogP contribution in [0.5, 0.6) is 0 Å². The van der Waals surface area contributed by atoms with Crippen molar-refractivity contribution < 1.29 is 28.2 Å². The number of likely N-dealkylation sites (N-methyl/N-ethyl adjacent to an activating group) is 1. The van der Waals surface area contributed by atoms with Gasteiger partial charge in [-0.1, -0.05) is 44.2 Å². The van der Waals surface area contributed by atoms with Crippen LogP contribution >= 0.6 is 0 Å². The van der Waals surface area contributed by atoms with Crippen LogP contribution in [0.25, 0.3) is 10.9 Å². The summed E-state index contributed by atoms with van der Waals surface area (Å²) in [5, 5.41) is 24.5. The van der Waals surface area contributed by atoms with E-state index in [2.05, 4.69) is 24.5 Å². The van der Waals surface area contributed by atoms with Crippen molar-refractivity contribution in [3.05, 3.63) is 65.4 Å². The fourth-order valence-corrected chi connectivity index (χ4v) is 5.85. The molecule has 0 fully saturated rings. The number of hydrogen-bond donors (Lipinski definition) is 4. The SMILES string of the molecule is CNC[C@@H](O)[C@H](Cc1ccccc1)NC(=O)c1cc2c3c(c1)c(C(C)C)cn3CCS(=O)(=O)N2C.O=CO. The van der Waals surface area contributed by atoms with Crippen LogP contribution in [0.3, 0.4) is 0 Å². The predicted molar refractivity (Wildman–Crippen MR) is 148 cm³/mol. The van der Waals surface area contributed by atoms with Gasteiger partial charge in [0.25, 0.3) is 12.4 Å². The Balaban J connectivity index is 0.00000127. The minimum atomic E-state index is -3.51. The molecule has 1 aromatic heterocycles. The lowest BCUT2D eigenvalue weighted by Crippen LogP contribution is -2.48. The number of nitrogens with one attached hydrogen (secondary N) is 2. The van der Waals surface area contributed by atoms with Crippen LogP contribution in [0, 0.1) is 0 Å². The molecule has 4 rings (SSSR count). The minimum Gasteiger partial charge on any atom is -0.483 e. The molecule has 2 aromatic carbocycles. The van der Waals surface area contributed by atoms with Gasteiger partial charge in [-0.3, -0.25) is 13.9 Å². The van der Waals surface area contributed by atoms with Crippen LogP contribution in [0.1, 0.15) is 41.3 Å². The summed E-state index contributed by atoms with van der Waals surface area (Å²) in [4.78, 5) is 21.9. The molecule has 0 aliphatic carbocycles. The van der Waals surface area contributed by atoms with Crippen LogP contribution in [-0.2, 0) is 27.8 Å². The van der Waals surface area contributed by atoms with Gasteiger partial charge in [0.05, 0.1) is 29.1 Å². The van der Waals surface area contributed by atoms with Gasteiger partial charge in [0.15, 0.2) is 0 Å². The van der Waals surface area contributed by atoms with E-state index in [1.807, 2.05) is 47.2 Å². The highest BCUT2D eigenvalue weighted by molar-refractivity contribution is 7.92. The van der Waals surface area contributed by atoms with E-state index in [1.54, 1.807) is 20.2 Å². The standard InChI is InChI=1S/C26H34N4O4S.CH2O2/c1-17(2)21-16-30-10-11-35(33,34)29(4)23-14-19(13-20(21)25(23)30)26(32)28-22(24(31)15-27-3)12-18-8-6-5-7-9-18;2-1-3/h5-9,13-14,16-17,22,24,27,31H,10-12,15H2,1-4H3,(H,28,32);1H,(H,2,3)/t22-,24+;/m0./s1. The van der Waals surface area contributed by atoms with E-state index in [0.717, 1.165) is 22.0 Å². The summed E-state index contributed by atoms with van der Waals surface area (Å²) < 4.78 is 28.9. The number of carboxylic acid groups (broad SMARTS) is 1. The number of rotatable bonds is 8. The Kier molecular flexibility index (Phi) is 9.53. The second kappa shape index (κ2) is 12.4. The normalized spacial score (nSPS) is 15.8. The lowest BCUT2D eigenvalue weighted by molar-refractivity contribution is -0.122. The van der Waals surface area contributed by atoms with E-state index < -0.39 is 22.2 Å². The summed E-state index contributed by atoms with van der Waals surface area (Å²) >= 11 is 0. The molecule has 2 heterocycles. The first-order valence-electron chi connectivity index (χ1n) is 12.4. The third kappa shape index (κ3) is 6.35. The molecule has 1 amide bonds. The quantitative estimate of drug-likeness (QED) is 0.319. The molecule has 0 spiro atoms. The first-order chi connectivity index (χ1) is 18.0. The smallest absolute Gasteiger partial charge is 0.290 e. The van der Waals surface area contributed by atoms with E-state index in [0.29, 0.717) is 30.8 Å². The third-order valence-corrected chi connectivity index (χ3v) is 8.44. The third-order valence-electron chi connectivity index (χ3n) is 6.71. The van der Waals surface area contributed by atoms with Crippen molar-refractivity contribution in [3.8, 4) is 0 Å². The molecule has 0 unspecified atom stereocenters. The number of benzene rings is 2. The highest BCUT2D eigenvalue weighted by atomic mass is 32.2. The van der Waals surface area contributed by atoms with Gasteiger partial charge in [0, 0.05) is 37.3 Å². The topological polar surface area (TPSA) is 141 Å². The monoisotopic (exact) mass is 544 g/mol. The second-order valence-electron chi connectivity index (χ2n) is 9.61. The summed E-state index contributed by atoms with van der Waals surface area (Å²) in [6.45, 7) is 4.61. The first kappa shape index (κ1) is 29.2. The summed E-state index contributed by atoms with van der Waals surface area (Å²) in [7, 11) is -0.219. The molecular formula is C27H36N4O6S. The average molecular weight is 545 g/mol. The van der Waals surface area contributed by atoms with Crippen LogP contribution in [0.2, 0.25) is 0 Å². The predicted octanol–water partition coefficient (Wildman–Crippen LogP) is 2.17. The van der Waals surface area contributed by atoms with Crippen molar-refractivity contribution in [1.29, 1.82) is 0 Å². The summed E-state index contributed by atoms with van der Waals surface area (Å²) in [5.41, 5.74) is 3.75. The molecule has 1 aliphatic rings. The van der Waals surface area contributed by atoms with Crippen molar-refractivity contribution >= 4 is 39.0 Å². The Hall–Kier alpha value is -3.41. The largest absolute Gasteiger partial charge is 0.483 e. The number of amides is 1. The van der Waals surface area contributed by atoms with E-state index in [1.165, 1.54) is 4.31 Å². The lowest BCUT2D eigenvalue weighted by atomic mass is 9.98. The molecule has 1 aliphatic heterocycles. The summed E-state index contributed by atoms with van der Waals surface area (Å²) in [5.74, 6) is -0.151.